The predicted molar refractivity (Wildman–Crippen MR) is 150 cm³/mol. The van der Waals surface area contributed by atoms with Crippen LogP contribution in [0.2, 0.25) is 0 Å². The quantitative estimate of drug-likeness (QED) is 0.277. The third kappa shape index (κ3) is 6.68. The van der Waals surface area contributed by atoms with Crippen LogP contribution in [0, 0.1) is 12.8 Å². The highest BCUT2D eigenvalue weighted by Gasteiger charge is 2.43. The van der Waals surface area contributed by atoms with E-state index < -0.39 is 30.0 Å². The van der Waals surface area contributed by atoms with Gasteiger partial charge in [-0.2, -0.15) is 0 Å². The third-order valence-corrected chi connectivity index (χ3v) is 8.06. The van der Waals surface area contributed by atoms with Crippen LogP contribution in [0.1, 0.15) is 49.2 Å². The first-order valence-electron chi connectivity index (χ1n) is 12.8. The molecular weight excluding hydrogens is 588 g/mol. The zero-order chi connectivity index (χ0) is 28.1. The van der Waals surface area contributed by atoms with Gasteiger partial charge in [0.05, 0.1) is 41.4 Å². The van der Waals surface area contributed by atoms with Crippen LogP contribution in [-0.2, 0) is 9.59 Å². The smallest absolute Gasteiger partial charge is 0.254 e. The number of halogens is 1. The van der Waals surface area contributed by atoms with E-state index in [1.165, 1.54) is 4.90 Å². The molecule has 12 heteroatoms. The van der Waals surface area contributed by atoms with E-state index in [1.54, 1.807) is 22.9 Å². The number of carbonyl (C=O) groups is 2. The number of hydrogen-bond donors (Lipinski definition) is 3. The van der Waals surface area contributed by atoms with Gasteiger partial charge in [-0.25, -0.2) is 4.98 Å². The summed E-state index contributed by atoms with van der Waals surface area (Å²) in [5.41, 5.74) is 4.47. The fourth-order valence-electron chi connectivity index (χ4n) is 4.80. The number of β-amino-alcohol motifs (C(OH)–C–C–N with tert-alkyl or cyclic N) is 1. The van der Waals surface area contributed by atoms with Gasteiger partial charge in [-0.1, -0.05) is 54.0 Å². The summed E-state index contributed by atoms with van der Waals surface area (Å²) in [4.78, 5) is 33.9. The normalized spacial score (nSPS) is 18.8. The summed E-state index contributed by atoms with van der Waals surface area (Å²) in [5.74, 6) is -1.04. The molecular formula is C27H33BrN4O6S. The number of hydrogen-bond acceptors (Lipinski definition) is 9. The van der Waals surface area contributed by atoms with Gasteiger partial charge < -0.3 is 29.7 Å². The number of aliphatic hydroxyl groups is 2. The Morgan fingerprint density at radius 3 is 2.67 bits per heavy atom. The maximum atomic E-state index is 13.7. The number of thiazole rings is 1. The van der Waals surface area contributed by atoms with E-state index in [4.69, 9.17) is 9.26 Å². The summed E-state index contributed by atoms with van der Waals surface area (Å²) in [6.07, 6.45) is -0.750. The predicted octanol–water partition coefficient (Wildman–Crippen LogP) is 3.43. The van der Waals surface area contributed by atoms with Crippen molar-refractivity contribution in [2.75, 3.05) is 25.1 Å². The summed E-state index contributed by atoms with van der Waals surface area (Å²) < 4.78 is 10.9. The summed E-state index contributed by atoms with van der Waals surface area (Å²) in [7, 11) is 0. The van der Waals surface area contributed by atoms with Crippen molar-refractivity contribution in [3.63, 3.8) is 0 Å². The Labute approximate surface area is 239 Å². The molecule has 1 aliphatic heterocycles. The van der Waals surface area contributed by atoms with Crippen LogP contribution < -0.4 is 10.1 Å². The van der Waals surface area contributed by atoms with Crippen LogP contribution in [0.4, 0.5) is 0 Å². The van der Waals surface area contributed by atoms with Gasteiger partial charge in [0.15, 0.2) is 5.76 Å². The number of rotatable bonds is 11. The lowest BCUT2D eigenvalue weighted by atomic mass is 9.91. The first-order valence-corrected chi connectivity index (χ1v) is 14.8. The molecule has 4 rings (SSSR count). The Kier molecular flexibility index (Phi) is 9.76. The number of amides is 2. The highest BCUT2D eigenvalue weighted by molar-refractivity contribution is 9.09. The molecule has 0 bridgehead atoms. The lowest BCUT2D eigenvalue weighted by molar-refractivity contribution is -0.141. The van der Waals surface area contributed by atoms with Crippen LogP contribution in [0.25, 0.3) is 10.4 Å². The number of aryl methyl sites for hydroxylation is 1. The number of likely N-dealkylation sites (tertiary alicyclic amines) is 1. The molecule has 0 spiro atoms. The minimum atomic E-state index is -0.894. The van der Waals surface area contributed by atoms with Gasteiger partial charge in [0, 0.05) is 24.4 Å². The molecule has 2 amide bonds. The number of aromatic nitrogens is 2. The van der Waals surface area contributed by atoms with Crippen LogP contribution in [-0.4, -0.2) is 74.3 Å². The fourth-order valence-corrected chi connectivity index (χ4v) is 5.77. The topological polar surface area (TPSA) is 138 Å². The molecule has 3 N–H and O–H groups in total. The minimum absolute atomic E-state index is 0.0217. The number of carbonyl (C=O) groups excluding carboxylic acids is 2. The van der Waals surface area contributed by atoms with Crippen LogP contribution in [0.15, 0.2) is 40.4 Å². The van der Waals surface area contributed by atoms with Crippen molar-refractivity contribution in [1.29, 1.82) is 0 Å². The van der Waals surface area contributed by atoms with Crippen LogP contribution >= 0.6 is 27.3 Å². The Morgan fingerprint density at radius 2 is 2.05 bits per heavy atom. The van der Waals surface area contributed by atoms with Crippen molar-refractivity contribution >= 4 is 39.1 Å². The molecule has 39 heavy (non-hydrogen) atoms. The van der Waals surface area contributed by atoms with Crippen LogP contribution in [0.5, 0.6) is 5.88 Å². The van der Waals surface area contributed by atoms with Crippen LogP contribution in [0.3, 0.4) is 0 Å². The van der Waals surface area contributed by atoms with E-state index in [-0.39, 0.29) is 37.3 Å². The highest BCUT2D eigenvalue weighted by Crippen LogP contribution is 2.33. The van der Waals surface area contributed by atoms with Gasteiger partial charge in [-0.05, 0) is 29.1 Å². The maximum absolute atomic E-state index is 13.7. The molecule has 0 saturated carbocycles. The fraction of sp³-hybridized carbons (Fsp3) is 0.481. The highest BCUT2D eigenvalue weighted by atomic mass is 79.9. The molecule has 1 saturated heterocycles. The molecule has 0 aliphatic carbocycles. The van der Waals surface area contributed by atoms with E-state index in [0.717, 1.165) is 21.7 Å². The number of alkyl halides is 1. The molecule has 3 heterocycles. The number of nitrogens with zero attached hydrogens (tertiary/aromatic N) is 3. The van der Waals surface area contributed by atoms with Gasteiger partial charge in [0.1, 0.15) is 12.0 Å². The molecule has 1 unspecified atom stereocenters. The molecule has 210 valence electrons. The van der Waals surface area contributed by atoms with Gasteiger partial charge in [0.2, 0.25) is 11.8 Å². The largest absolute Gasteiger partial charge is 0.475 e. The number of aliphatic hydroxyl groups excluding tert-OH is 2. The van der Waals surface area contributed by atoms with Crippen molar-refractivity contribution in [1.82, 2.24) is 20.4 Å². The van der Waals surface area contributed by atoms with Gasteiger partial charge >= 0.3 is 0 Å². The molecule has 2 aromatic heterocycles. The Hall–Kier alpha value is -2.80. The van der Waals surface area contributed by atoms with E-state index in [2.05, 4.69) is 31.4 Å². The second-order valence-corrected chi connectivity index (χ2v) is 11.5. The van der Waals surface area contributed by atoms with Crippen molar-refractivity contribution in [3.05, 3.63) is 52.9 Å². The first-order chi connectivity index (χ1) is 18.7. The zero-order valence-corrected chi connectivity index (χ0v) is 24.4. The zero-order valence-electron chi connectivity index (χ0n) is 22.0. The average molecular weight is 622 g/mol. The van der Waals surface area contributed by atoms with E-state index in [0.29, 0.717) is 17.7 Å². The lowest BCUT2D eigenvalue weighted by Gasteiger charge is -2.29. The molecule has 1 aromatic carbocycles. The van der Waals surface area contributed by atoms with Gasteiger partial charge in [-0.15, -0.1) is 11.3 Å². The molecule has 4 atom stereocenters. The van der Waals surface area contributed by atoms with Crippen molar-refractivity contribution < 1.29 is 29.1 Å². The Morgan fingerprint density at radius 1 is 1.31 bits per heavy atom. The molecule has 1 fully saturated rings. The number of ether oxygens (including phenoxy) is 1. The van der Waals surface area contributed by atoms with E-state index in [9.17, 15) is 19.8 Å². The first kappa shape index (κ1) is 29.2. The standard InChI is InChI=1S/C27H33BrN4O6S/c1-15(2)24(22-11-23(31-38-22)37-9-8-28)27(36)32-12-19(34)10-21(32)26(35)30-20(13-33)17-4-6-18(7-5-17)25-16(3)29-14-39-25/h4-7,11,14-15,19-21,24,33-34H,8-10,12-13H2,1-3H3,(H,30,35)/t19-,20+,21+,24?/m1/s1. The van der Waals surface area contributed by atoms with E-state index >= 15 is 0 Å². The number of benzene rings is 1. The van der Waals surface area contributed by atoms with E-state index in [1.807, 2.05) is 45.0 Å². The Bertz CT molecular complexity index is 1260. The summed E-state index contributed by atoms with van der Waals surface area (Å²) in [6.45, 7) is 5.80. The van der Waals surface area contributed by atoms with Crippen molar-refractivity contribution in [3.8, 4) is 16.3 Å². The van der Waals surface area contributed by atoms with Crippen molar-refractivity contribution in [2.45, 2.75) is 51.3 Å². The summed E-state index contributed by atoms with van der Waals surface area (Å²) in [5, 5.41) is 27.9. The lowest BCUT2D eigenvalue weighted by Crippen LogP contribution is -2.49. The van der Waals surface area contributed by atoms with Crippen molar-refractivity contribution in [2.24, 2.45) is 5.92 Å². The molecule has 1 aliphatic rings. The summed E-state index contributed by atoms with van der Waals surface area (Å²) >= 11 is 4.84. The number of nitrogens with one attached hydrogen (secondary N) is 1. The second kappa shape index (κ2) is 13.0. The maximum Gasteiger partial charge on any atom is 0.254 e. The third-order valence-electron chi connectivity index (χ3n) is 6.76. The van der Waals surface area contributed by atoms with Gasteiger partial charge in [-0.3, -0.25) is 9.59 Å². The minimum Gasteiger partial charge on any atom is -0.475 e. The molecule has 10 nitrogen and oxygen atoms in total. The van der Waals surface area contributed by atoms with Gasteiger partial charge in [0.25, 0.3) is 5.88 Å². The molecule has 0 radical (unpaired) electrons. The summed E-state index contributed by atoms with van der Waals surface area (Å²) in [6, 6.07) is 7.60. The average Bonchev–Trinajstić information content (AvgIpc) is 3.66. The SMILES string of the molecule is Cc1ncsc1-c1ccc([C@H](CO)NC(=O)[C@@H]2C[C@@H](O)CN2C(=O)C(c2cc(OCCBr)no2)C(C)C)cc1. The molecule has 3 aromatic rings. The second-order valence-electron chi connectivity index (χ2n) is 9.86. The Balaban J connectivity index is 1.49. The monoisotopic (exact) mass is 620 g/mol.